The average molecular weight is 268 g/mol. The quantitative estimate of drug-likeness (QED) is 0.908. The second-order valence-electron chi connectivity index (χ2n) is 5.36. The standard InChI is InChI=1S/C16H20N4/c1-12-15(13-5-3-2-4-6-13)11-18-16(19-12)20-9-7-14(17)8-10-20/h2-6,11,14H,7-10,17H2,1H3. The Hall–Kier alpha value is -1.94. The van der Waals surface area contributed by atoms with Crippen molar-refractivity contribution >= 4 is 5.95 Å². The number of anilines is 1. The Bertz CT molecular complexity index is 574. The van der Waals surface area contributed by atoms with Crippen molar-refractivity contribution in [2.24, 2.45) is 5.73 Å². The molecule has 0 bridgehead atoms. The maximum Gasteiger partial charge on any atom is 0.225 e. The van der Waals surface area contributed by atoms with E-state index < -0.39 is 0 Å². The Morgan fingerprint density at radius 3 is 2.50 bits per heavy atom. The first kappa shape index (κ1) is 13.1. The summed E-state index contributed by atoms with van der Waals surface area (Å²) in [7, 11) is 0. The molecule has 1 saturated heterocycles. The fraction of sp³-hybridized carbons (Fsp3) is 0.375. The molecular weight excluding hydrogens is 248 g/mol. The fourth-order valence-corrected chi connectivity index (χ4v) is 2.61. The minimum Gasteiger partial charge on any atom is -0.341 e. The van der Waals surface area contributed by atoms with Crippen LogP contribution < -0.4 is 10.6 Å². The van der Waals surface area contributed by atoms with Crippen molar-refractivity contribution < 1.29 is 0 Å². The van der Waals surface area contributed by atoms with Crippen molar-refractivity contribution in [1.82, 2.24) is 9.97 Å². The van der Waals surface area contributed by atoms with Gasteiger partial charge in [0.15, 0.2) is 0 Å². The highest BCUT2D eigenvalue weighted by atomic mass is 15.3. The maximum atomic E-state index is 5.94. The van der Waals surface area contributed by atoms with Crippen LogP contribution in [0.5, 0.6) is 0 Å². The highest BCUT2D eigenvalue weighted by Gasteiger charge is 2.18. The van der Waals surface area contributed by atoms with Crippen LogP contribution in [-0.2, 0) is 0 Å². The largest absolute Gasteiger partial charge is 0.341 e. The number of nitrogens with zero attached hydrogens (tertiary/aromatic N) is 3. The lowest BCUT2D eigenvalue weighted by Gasteiger charge is -2.30. The molecule has 4 heteroatoms. The van der Waals surface area contributed by atoms with Crippen molar-refractivity contribution in [1.29, 1.82) is 0 Å². The van der Waals surface area contributed by atoms with Gasteiger partial charge in [-0.25, -0.2) is 9.97 Å². The molecule has 0 amide bonds. The number of hydrogen-bond acceptors (Lipinski definition) is 4. The molecule has 1 aromatic heterocycles. The second kappa shape index (κ2) is 5.59. The average Bonchev–Trinajstić information content (AvgIpc) is 2.49. The van der Waals surface area contributed by atoms with Crippen molar-refractivity contribution in [2.45, 2.75) is 25.8 Å². The van der Waals surface area contributed by atoms with E-state index in [4.69, 9.17) is 5.73 Å². The molecule has 20 heavy (non-hydrogen) atoms. The number of piperidine rings is 1. The Kier molecular flexibility index (Phi) is 3.65. The first-order valence-electron chi connectivity index (χ1n) is 7.13. The van der Waals surface area contributed by atoms with E-state index >= 15 is 0 Å². The SMILES string of the molecule is Cc1nc(N2CCC(N)CC2)ncc1-c1ccccc1. The van der Waals surface area contributed by atoms with Gasteiger partial charge in [0.05, 0.1) is 5.69 Å². The van der Waals surface area contributed by atoms with Crippen LogP contribution in [0.1, 0.15) is 18.5 Å². The molecule has 0 unspecified atom stereocenters. The van der Waals surface area contributed by atoms with E-state index in [1.807, 2.05) is 31.3 Å². The van der Waals surface area contributed by atoms with Gasteiger partial charge in [0.2, 0.25) is 5.95 Å². The molecule has 0 atom stereocenters. The zero-order valence-electron chi connectivity index (χ0n) is 11.8. The summed E-state index contributed by atoms with van der Waals surface area (Å²) in [6.45, 7) is 3.94. The lowest BCUT2D eigenvalue weighted by molar-refractivity contribution is 0.495. The van der Waals surface area contributed by atoms with Crippen LogP contribution in [0.3, 0.4) is 0 Å². The number of nitrogens with two attached hydrogens (primary N) is 1. The third kappa shape index (κ3) is 2.65. The molecule has 104 valence electrons. The number of rotatable bonds is 2. The summed E-state index contributed by atoms with van der Waals surface area (Å²) in [4.78, 5) is 11.4. The third-order valence-electron chi connectivity index (χ3n) is 3.87. The molecule has 2 N–H and O–H groups in total. The van der Waals surface area contributed by atoms with Gasteiger partial charge in [0.1, 0.15) is 0 Å². The summed E-state index contributed by atoms with van der Waals surface area (Å²) in [5, 5.41) is 0. The topological polar surface area (TPSA) is 55.0 Å². The molecule has 1 fully saturated rings. The lowest BCUT2D eigenvalue weighted by Crippen LogP contribution is -2.40. The normalized spacial score (nSPS) is 16.4. The lowest BCUT2D eigenvalue weighted by atomic mass is 10.1. The van der Waals surface area contributed by atoms with Crippen molar-refractivity contribution in [2.75, 3.05) is 18.0 Å². The van der Waals surface area contributed by atoms with Crippen LogP contribution in [0.4, 0.5) is 5.95 Å². The maximum absolute atomic E-state index is 5.94. The van der Waals surface area contributed by atoms with Gasteiger partial charge in [-0.15, -0.1) is 0 Å². The van der Waals surface area contributed by atoms with E-state index in [0.29, 0.717) is 6.04 Å². The van der Waals surface area contributed by atoms with E-state index in [1.54, 1.807) is 0 Å². The van der Waals surface area contributed by atoms with Crippen LogP contribution in [0.15, 0.2) is 36.5 Å². The van der Waals surface area contributed by atoms with Crippen LogP contribution >= 0.6 is 0 Å². The van der Waals surface area contributed by atoms with Gasteiger partial charge in [0, 0.05) is 30.9 Å². The number of aromatic nitrogens is 2. The molecule has 2 aromatic rings. The predicted octanol–water partition coefficient (Wildman–Crippen LogP) is 2.38. The van der Waals surface area contributed by atoms with Crippen molar-refractivity contribution in [3.05, 3.63) is 42.2 Å². The van der Waals surface area contributed by atoms with E-state index in [1.165, 1.54) is 0 Å². The Morgan fingerprint density at radius 1 is 1.15 bits per heavy atom. The van der Waals surface area contributed by atoms with E-state index in [2.05, 4.69) is 27.0 Å². The fourth-order valence-electron chi connectivity index (χ4n) is 2.61. The summed E-state index contributed by atoms with van der Waals surface area (Å²) in [5.74, 6) is 0.828. The highest BCUT2D eigenvalue weighted by Crippen LogP contribution is 2.23. The summed E-state index contributed by atoms with van der Waals surface area (Å²) >= 11 is 0. The molecule has 3 rings (SSSR count). The Balaban J connectivity index is 1.84. The van der Waals surface area contributed by atoms with Crippen LogP contribution in [0.2, 0.25) is 0 Å². The smallest absolute Gasteiger partial charge is 0.225 e. The first-order valence-corrected chi connectivity index (χ1v) is 7.13. The van der Waals surface area contributed by atoms with Crippen molar-refractivity contribution in [3.63, 3.8) is 0 Å². The van der Waals surface area contributed by atoms with Gasteiger partial charge in [0.25, 0.3) is 0 Å². The summed E-state index contributed by atoms with van der Waals surface area (Å²) in [6.07, 6.45) is 3.97. The zero-order valence-corrected chi connectivity index (χ0v) is 11.8. The minimum absolute atomic E-state index is 0.330. The zero-order chi connectivity index (χ0) is 13.9. The van der Waals surface area contributed by atoms with E-state index in [0.717, 1.165) is 48.7 Å². The number of benzene rings is 1. The van der Waals surface area contributed by atoms with Gasteiger partial charge in [-0.3, -0.25) is 0 Å². The number of aryl methyl sites for hydroxylation is 1. The van der Waals surface area contributed by atoms with Crippen molar-refractivity contribution in [3.8, 4) is 11.1 Å². The van der Waals surface area contributed by atoms with Gasteiger partial charge in [-0.05, 0) is 25.3 Å². The third-order valence-corrected chi connectivity index (χ3v) is 3.87. The summed E-state index contributed by atoms with van der Waals surface area (Å²) < 4.78 is 0. The molecule has 2 heterocycles. The van der Waals surface area contributed by atoms with Crippen LogP contribution in [-0.4, -0.2) is 29.1 Å². The van der Waals surface area contributed by atoms with Gasteiger partial charge < -0.3 is 10.6 Å². The highest BCUT2D eigenvalue weighted by molar-refractivity contribution is 5.65. The second-order valence-corrected chi connectivity index (χ2v) is 5.36. The Morgan fingerprint density at radius 2 is 1.85 bits per heavy atom. The molecule has 1 aliphatic rings. The molecule has 0 spiro atoms. The molecular formula is C16H20N4. The van der Waals surface area contributed by atoms with Crippen LogP contribution in [0, 0.1) is 6.92 Å². The monoisotopic (exact) mass is 268 g/mol. The van der Waals surface area contributed by atoms with E-state index in [9.17, 15) is 0 Å². The minimum atomic E-state index is 0.330. The number of hydrogen-bond donors (Lipinski definition) is 1. The molecule has 0 radical (unpaired) electrons. The Labute approximate surface area is 119 Å². The van der Waals surface area contributed by atoms with Crippen LogP contribution in [0.25, 0.3) is 11.1 Å². The van der Waals surface area contributed by atoms with Gasteiger partial charge >= 0.3 is 0 Å². The van der Waals surface area contributed by atoms with Gasteiger partial charge in [-0.1, -0.05) is 30.3 Å². The predicted molar refractivity (Wildman–Crippen MR) is 81.6 cm³/mol. The van der Waals surface area contributed by atoms with E-state index in [-0.39, 0.29) is 0 Å². The summed E-state index contributed by atoms with van der Waals surface area (Å²) in [6, 6.07) is 10.6. The molecule has 4 nitrogen and oxygen atoms in total. The molecule has 1 aliphatic heterocycles. The first-order chi connectivity index (χ1) is 9.74. The summed E-state index contributed by atoms with van der Waals surface area (Å²) in [5.41, 5.74) is 9.23. The molecule has 1 aromatic carbocycles. The molecule has 0 saturated carbocycles. The molecule has 0 aliphatic carbocycles. The van der Waals surface area contributed by atoms with Gasteiger partial charge in [-0.2, -0.15) is 0 Å².